The Morgan fingerprint density at radius 2 is 1.90 bits per heavy atom. The molecule has 6 heteroatoms. The molecule has 1 aliphatic heterocycles. The highest BCUT2D eigenvalue weighted by Gasteiger charge is 2.21. The van der Waals surface area contributed by atoms with E-state index in [1.54, 1.807) is 0 Å². The van der Waals surface area contributed by atoms with E-state index in [1.807, 2.05) is 20.0 Å². The minimum absolute atomic E-state index is 0.449. The smallest absolute Gasteiger partial charge is 0.191 e. The first kappa shape index (κ1) is 23.1. The first-order valence-electron chi connectivity index (χ1n) is 11.4. The number of nitrogens with one attached hydrogen (secondary N) is 2. The van der Waals surface area contributed by atoms with Gasteiger partial charge in [0.25, 0.3) is 0 Å². The van der Waals surface area contributed by atoms with Gasteiger partial charge in [-0.3, -0.25) is 9.89 Å². The van der Waals surface area contributed by atoms with Crippen molar-refractivity contribution in [3.8, 4) is 0 Å². The fourth-order valence-electron chi connectivity index (χ4n) is 3.99. The second kappa shape index (κ2) is 11.7. The number of guanidine groups is 1. The number of piperidine rings is 1. The van der Waals surface area contributed by atoms with Crippen molar-refractivity contribution in [2.75, 3.05) is 38.6 Å². The highest BCUT2D eigenvalue weighted by Crippen LogP contribution is 2.18. The Morgan fingerprint density at radius 3 is 2.58 bits per heavy atom. The number of pyridine rings is 1. The molecular formula is C25H38N6. The summed E-state index contributed by atoms with van der Waals surface area (Å²) in [6.07, 6.45) is 3.25. The average Bonchev–Trinajstić information content (AvgIpc) is 2.79. The zero-order valence-electron chi connectivity index (χ0n) is 19.5. The summed E-state index contributed by atoms with van der Waals surface area (Å²) in [5.74, 6) is 2.00. The van der Waals surface area contributed by atoms with E-state index in [2.05, 4.69) is 86.8 Å². The number of benzene rings is 1. The van der Waals surface area contributed by atoms with Gasteiger partial charge in [0, 0.05) is 51.0 Å². The van der Waals surface area contributed by atoms with E-state index < -0.39 is 0 Å². The van der Waals surface area contributed by atoms with E-state index in [4.69, 9.17) is 0 Å². The largest absolute Gasteiger partial charge is 0.356 e. The first-order valence-corrected chi connectivity index (χ1v) is 11.4. The Balaban J connectivity index is 1.37. The van der Waals surface area contributed by atoms with Crippen molar-refractivity contribution in [1.29, 1.82) is 0 Å². The van der Waals surface area contributed by atoms with Gasteiger partial charge in [-0.25, -0.2) is 4.98 Å². The summed E-state index contributed by atoms with van der Waals surface area (Å²) >= 11 is 0. The number of hydrogen-bond donors (Lipinski definition) is 2. The van der Waals surface area contributed by atoms with Gasteiger partial charge in [0.15, 0.2) is 5.96 Å². The molecule has 1 aliphatic rings. The van der Waals surface area contributed by atoms with Crippen LogP contribution < -0.4 is 15.5 Å². The molecule has 2 aromatic rings. The normalized spacial score (nSPS) is 16.4. The number of aryl methyl sites for hydroxylation is 1. The van der Waals surface area contributed by atoms with Gasteiger partial charge in [-0.2, -0.15) is 0 Å². The van der Waals surface area contributed by atoms with Gasteiger partial charge >= 0.3 is 0 Å². The quantitative estimate of drug-likeness (QED) is 0.504. The first-order chi connectivity index (χ1) is 15.0. The van der Waals surface area contributed by atoms with Gasteiger partial charge in [0.2, 0.25) is 0 Å². The van der Waals surface area contributed by atoms with Crippen LogP contribution in [-0.2, 0) is 6.54 Å². The molecule has 0 aliphatic carbocycles. The number of aliphatic imine (C=N–C) groups is 1. The van der Waals surface area contributed by atoms with Crippen LogP contribution in [0.5, 0.6) is 0 Å². The molecule has 1 atom stereocenters. The SMILES string of the molecule is CN=C(NCCC(C)N(C)Cc1ccccc1)NC1CCN(c2cccc(C)n2)CC1. The van der Waals surface area contributed by atoms with E-state index >= 15 is 0 Å². The van der Waals surface area contributed by atoms with Crippen LogP contribution in [0.25, 0.3) is 0 Å². The van der Waals surface area contributed by atoms with Crippen LogP contribution in [0.4, 0.5) is 5.82 Å². The summed E-state index contributed by atoms with van der Waals surface area (Å²) in [6, 6.07) is 17.8. The number of hydrogen-bond acceptors (Lipinski definition) is 4. The van der Waals surface area contributed by atoms with Gasteiger partial charge in [-0.1, -0.05) is 36.4 Å². The molecule has 6 nitrogen and oxygen atoms in total. The number of anilines is 1. The Bertz CT molecular complexity index is 814. The maximum atomic E-state index is 4.66. The Hall–Kier alpha value is -2.60. The van der Waals surface area contributed by atoms with Crippen molar-refractivity contribution in [2.24, 2.45) is 4.99 Å². The predicted octanol–water partition coefficient (Wildman–Crippen LogP) is 3.43. The van der Waals surface area contributed by atoms with E-state index in [0.29, 0.717) is 12.1 Å². The third-order valence-electron chi connectivity index (χ3n) is 6.14. The fraction of sp³-hybridized carbons (Fsp3) is 0.520. The molecule has 2 heterocycles. The summed E-state index contributed by atoms with van der Waals surface area (Å²) in [5.41, 5.74) is 2.43. The molecule has 0 saturated carbocycles. The molecule has 0 spiro atoms. The Kier molecular flexibility index (Phi) is 8.71. The minimum Gasteiger partial charge on any atom is -0.356 e. The predicted molar refractivity (Wildman–Crippen MR) is 131 cm³/mol. The van der Waals surface area contributed by atoms with Crippen molar-refractivity contribution >= 4 is 11.8 Å². The van der Waals surface area contributed by atoms with Crippen LogP contribution >= 0.6 is 0 Å². The zero-order chi connectivity index (χ0) is 22.1. The van der Waals surface area contributed by atoms with Gasteiger partial charge in [-0.15, -0.1) is 0 Å². The maximum absolute atomic E-state index is 4.66. The Morgan fingerprint density at radius 1 is 1.16 bits per heavy atom. The van der Waals surface area contributed by atoms with Crippen LogP contribution in [0, 0.1) is 6.92 Å². The van der Waals surface area contributed by atoms with E-state index in [0.717, 1.165) is 62.9 Å². The maximum Gasteiger partial charge on any atom is 0.191 e. The molecule has 0 radical (unpaired) electrons. The molecule has 0 amide bonds. The standard InChI is InChI=1S/C25H38N6/c1-20-9-8-12-24(28-20)31-17-14-23(15-18-31)29-25(26-3)27-16-13-21(2)30(4)19-22-10-6-5-7-11-22/h5-12,21,23H,13-19H2,1-4H3,(H2,26,27,29). The molecule has 0 bridgehead atoms. The summed E-state index contributed by atoms with van der Waals surface area (Å²) in [4.78, 5) is 13.9. The molecule has 2 N–H and O–H groups in total. The molecule has 1 aromatic carbocycles. The lowest BCUT2D eigenvalue weighted by molar-refractivity contribution is 0.238. The molecular weight excluding hydrogens is 384 g/mol. The summed E-state index contributed by atoms with van der Waals surface area (Å²) in [7, 11) is 4.05. The van der Waals surface area contributed by atoms with Crippen molar-refractivity contribution in [3.63, 3.8) is 0 Å². The molecule has 1 saturated heterocycles. The van der Waals surface area contributed by atoms with E-state index in [-0.39, 0.29) is 0 Å². The van der Waals surface area contributed by atoms with Crippen molar-refractivity contribution in [1.82, 2.24) is 20.5 Å². The molecule has 168 valence electrons. The van der Waals surface area contributed by atoms with E-state index in [9.17, 15) is 0 Å². The van der Waals surface area contributed by atoms with Gasteiger partial charge in [-0.05, 0) is 57.9 Å². The second-order valence-corrected chi connectivity index (χ2v) is 8.58. The average molecular weight is 423 g/mol. The molecule has 31 heavy (non-hydrogen) atoms. The van der Waals surface area contributed by atoms with Crippen LogP contribution in [-0.4, -0.2) is 61.7 Å². The third-order valence-corrected chi connectivity index (χ3v) is 6.14. The van der Waals surface area contributed by atoms with Gasteiger partial charge in [0.1, 0.15) is 5.82 Å². The van der Waals surface area contributed by atoms with Gasteiger partial charge in [0.05, 0.1) is 0 Å². The second-order valence-electron chi connectivity index (χ2n) is 8.58. The van der Waals surface area contributed by atoms with E-state index in [1.165, 1.54) is 5.56 Å². The lowest BCUT2D eigenvalue weighted by Gasteiger charge is -2.34. The van der Waals surface area contributed by atoms with Crippen molar-refractivity contribution in [3.05, 3.63) is 59.8 Å². The summed E-state index contributed by atoms with van der Waals surface area (Å²) in [6.45, 7) is 8.26. The zero-order valence-corrected chi connectivity index (χ0v) is 19.5. The van der Waals surface area contributed by atoms with Gasteiger partial charge < -0.3 is 15.5 Å². The van der Waals surface area contributed by atoms with Crippen LogP contribution in [0.15, 0.2) is 53.5 Å². The summed E-state index contributed by atoms with van der Waals surface area (Å²) in [5, 5.41) is 7.11. The highest BCUT2D eigenvalue weighted by molar-refractivity contribution is 5.79. The molecule has 1 aromatic heterocycles. The topological polar surface area (TPSA) is 55.8 Å². The minimum atomic E-state index is 0.449. The summed E-state index contributed by atoms with van der Waals surface area (Å²) < 4.78 is 0. The van der Waals surface area contributed by atoms with Crippen LogP contribution in [0.2, 0.25) is 0 Å². The number of nitrogens with zero attached hydrogens (tertiary/aromatic N) is 4. The lowest BCUT2D eigenvalue weighted by atomic mass is 10.1. The number of aromatic nitrogens is 1. The lowest BCUT2D eigenvalue weighted by Crippen LogP contribution is -2.49. The molecule has 1 fully saturated rings. The number of rotatable bonds is 8. The van der Waals surface area contributed by atoms with Crippen LogP contribution in [0.3, 0.4) is 0 Å². The van der Waals surface area contributed by atoms with Crippen molar-refractivity contribution < 1.29 is 0 Å². The van der Waals surface area contributed by atoms with Crippen LogP contribution in [0.1, 0.15) is 37.4 Å². The molecule has 3 rings (SSSR count). The Labute approximate surface area is 187 Å². The fourth-order valence-corrected chi connectivity index (χ4v) is 3.99. The highest BCUT2D eigenvalue weighted by atomic mass is 15.2. The third kappa shape index (κ3) is 7.24. The van der Waals surface area contributed by atoms with Crippen molar-refractivity contribution in [2.45, 2.75) is 51.7 Å². The monoisotopic (exact) mass is 422 g/mol. The molecule has 1 unspecified atom stereocenters.